The fourth-order valence-electron chi connectivity index (χ4n) is 2.62. The molecule has 0 aliphatic carbocycles. The molecule has 0 amide bonds. The summed E-state index contributed by atoms with van der Waals surface area (Å²) in [7, 11) is 0. The van der Waals surface area contributed by atoms with Crippen LogP contribution in [0.3, 0.4) is 0 Å². The van der Waals surface area contributed by atoms with E-state index in [1.54, 1.807) is 0 Å². The van der Waals surface area contributed by atoms with Crippen molar-refractivity contribution in [3.05, 3.63) is 70.9 Å². The zero-order chi connectivity index (χ0) is 16.2. The van der Waals surface area contributed by atoms with Gasteiger partial charge in [-0.1, -0.05) is 48.0 Å². The molecule has 1 aromatic heterocycles. The van der Waals surface area contributed by atoms with E-state index in [0.717, 1.165) is 16.3 Å². The van der Waals surface area contributed by atoms with E-state index in [1.165, 1.54) is 10.9 Å². The molecule has 2 aromatic carbocycles. The number of fused-ring (bicyclic) bond motifs is 1. The number of para-hydroxylation sites is 1. The highest BCUT2D eigenvalue weighted by atomic mass is 35.5. The van der Waals surface area contributed by atoms with Crippen molar-refractivity contribution in [2.75, 3.05) is 0 Å². The van der Waals surface area contributed by atoms with E-state index in [4.69, 9.17) is 29.6 Å². The standard InChI is InChI=1S/C17H17ClN4S/c18-15-7-3-1-6-13(15)11-22-14(10-20-21-17(19)23)9-12-5-2-4-8-16(12)22/h1-9,20H,10-11H2,(H3,19,21,23). The highest BCUT2D eigenvalue weighted by Gasteiger charge is 2.10. The highest BCUT2D eigenvalue weighted by Crippen LogP contribution is 2.23. The maximum Gasteiger partial charge on any atom is 0.178 e. The number of rotatable bonds is 5. The molecule has 0 saturated heterocycles. The van der Waals surface area contributed by atoms with Gasteiger partial charge in [-0.25, -0.2) is 5.43 Å². The molecule has 6 heteroatoms. The Bertz CT molecular complexity index is 843. The molecule has 1 heterocycles. The van der Waals surface area contributed by atoms with E-state index in [1.807, 2.05) is 36.4 Å². The zero-order valence-electron chi connectivity index (χ0n) is 12.4. The minimum Gasteiger partial charge on any atom is -0.375 e. The van der Waals surface area contributed by atoms with Crippen molar-refractivity contribution in [2.24, 2.45) is 5.73 Å². The summed E-state index contributed by atoms with van der Waals surface area (Å²) < 4.78 is 2.24. The molecule has 4 nitrogen and oxygen atoms in total. The fraction of sp³-hybridized carbons (Fsp3) is 0.118. The molecule has 0 spiro atoms. The molecule has 3 aromatic rings. The third-order valence-corrected chi connectivity index (χ3v) is 4.13. The number of nitrogens with two attached hydrogens (primary N) is 1. The van der Waals surface area contributed by atoms with Crippen LogP contribution in [0, 0.1) is 0 Å². The van der Waals surface area contributed by atoms with Gasteiger partial charge in [-0.3, -0.25) is 5.43 Å². The SMILES string of the molecule is NC(=S)NNCc1cc2ccccc2n1Cc1ccccc1Cl. The van der Waals surface area contributed by atoms with Crippen molar-refractivity contribution < 1.29 is 0 Å². The van der Waals surface area contributed by atoms with Crippen LogP contribution in [-0.2, 0) is 13.1 Å². The van der Waals surface area contributed by atoms with Crippen molar-refractivity contribution in [3.63, 3.8) is 0 Å². The van der Waals surface area contributed by atoms with Crippen molar-refractivity contribution in [3.8, 4) is 0 Å². The second-order valence-corrected chi connectivity index (χ2v) is 6.06. The molecule has 0 radical (unpaired) electrons. The van der Waals surface area contributed by atoms with Gasteiger partial charge in [0.25, 0.3) is 0 Å². The Morgan fingerprint density at radius 2 is 1.87 bits per heavy atom. The van der Waals surface area contributed by atoms with Crippen molar-refractivity contribution in [2.45, 2.75) is 13.1 Å². The summed E-state index contributed by atoms with van der Waals surface area (Å²) >= 11 is 11.1. The first-order valence-corrected chi connectivity index (χ1v) is 8.02. The van der Waals surface area contributed by atoms with Gasteiger partial charge in [0.2, 0.25) is 0 Å². The van der Waals surface area contributed by atoms with Gasteiger partial charge in [-0.15, -0.1) is 0 Å². The van der Waals surface area contributed by atoms with Crippen LogP contribution in [0.5, 0.6) is 0 Å². The molecule has 0 aliphatic rings. The number of benzene rings is 2. The molecule has 3 rings (SSSR count). The summed E-state index contributed by atoms with van der Waals surface area (Å²) in [6, 6.07) is 18.3. The summed E-state index contributed by atoms with van der Waals surface area (Å²) in [5, 5.41) is 2.18. The molecule has 0 atom stereocenters. The number of hydrogen-bond donors (Lipinski definition) is 3. The average molecular weight is 345 g/mol. The molecular formula is C17H17ClN4S. The molecule has 0 saturated carbocycles. The largest absolute Gasteiger partial charge is 0.375 e. The summed E-state index contributed by atoms with van der Waals surface area (Å²) in [6.07, 6.45) is 0. The highest BCUT2D eigenvalue weighted by molar-refractivity contribution is 7.80. The van der Waals surface area contributed by atoms with Crippen molar-refractivity contribution in [1.29, 1.82) is 0 Å². The van der Waals surface area contributed by atoms with E-state index in [-0.39, 0.29) is 5.11 Å². The normalized spacial score (nSPS) is 10.8. The Morgan fingerprint density at radius 1 is 1.13 bits per heavy atom. The van der Waals surface area contributed by atoms with E-state index >= 15 is 0 Å². The maximum absolute atomic E-state index is 6.32. The number of halogens is 1. The first-order chi connectivity index (χ1) is 11.1. The Hall–Kier alpha value is -2.08. The van der Waals surface area contributed by atoms with Gasteiger partial charge < -0.3 is 10.3 Å². The number of nitrogens with one attached hydrogen (secondary N) is 2. The van der Waals surface area contributed by atoms with Gasteiger partial charge in [0, 0.05) is 22.8 Å². The molecule has 0 fully saturated rings. The molecule has 0 bridgehead atoms. The second kappa shape index (κ2) is 7.00. The second-order valence-electron chi connectivity index (χ2n) is 5.21. The third kappa shape index (κ3) is 3.64. The van der Waals surface area contributed by atoms with Crippen LogP contribution in [0.15, 0.2) is 54.6 Å². The predicted octanol–water partition coefficient (Wildman–Crippen LogP) is 3.18. The topological polar surface area (TPSA) is 55.0 Å². The summed E-state index contributed by atoms with van der Waals surface area (Å²) in [5.41, 5.74) is 14.6. The maximum atomic E-state index is 6.32. The minimum atomic E-state index is 0.221. The van der Waals surface area contributed by atoms with E-state index < -0.39 is 0 Å². The number of nitrogens with zero attached hydrogens (tertiary/aromatic N) is 1. The lowest BCUT2D eigenvalue weighted by molar-refractivity contribution is 0.617. The Balaban J connectivity index is 1.95. The minimum absolute atomic E-state index is 0.221. The third-order valence-electron chi connectivity index (χ3n) is 3.66. The lowest BCUT2D eigenvalue weighted by Gasteiger charge is -2.13. The molecule has 23 heavy (non-hydrogen) atoms. The number of aromatic nitrogens is 1. The molecule has 0 unspecified atom stereocenters. The lowest BCUT2D eigenvalue weighted by atomic mass is 10.2. The van der Waals surface area contributed by atoms with Crippen LogP contribution >= 0.6 is 23.8 Å². The Kier molecular flexibility index (Phi) is 4.81. The van der Waals surface area contributed by atoms with Crippen LogP contribution in [0.25, 0.3) is 10.9 Å². The van der Waals surface area contributed by atoms with Crippen LogP contribution in [-0.4, -0.2) is 9.68 Å². The molecule has 118 valence electrons. The van der Waals surface area contributed by atoms with Crippen molar-refractivity contribution >= 4 is 39.8 Å². The van der Waals surface area contributed by atoms with Gasteiger partial charge in [0.05, 0.1) is 6.54 Å². The zero-order valence-corrected chi connectivity index (χ0v) is 14.0. The molecular weight excluding hydrogens is 328 g/mol. The quantitative estimate of drug-likeness (QED) is 0.491. The number of hydrazine groups is 1. The first kappa shape index (κ1) is 15.8. The van der Waals surface area contributed by atoms with Gasteiger partial charge in [0.1, 0.15) is 0 Å². The fourth-order valence-corrected chi connectivity index (χ4v) is 2.89. The van der Waals surface area contributed by atoms with Crippen molar-refractivity contribution in [1.82, 2.24) is 15.4 Å². The van der Waals surface area contributed by atoms with Crippen LogP contribution < -0.4 is 16.6 Å². The Morgan fingerprint density at radius 3 is 2.65 bits per heavy atom. The molecule has 0 aliphatic heterocycles. The summed E-state index contributed by atoms with van der Waals surface area (Å²) in [5.74, 6) is 0. The summed E-state index contributed by atoms with van der Waals surface area (Å²) in [4.78, 5) is 0. The molecule has 4 N–H and O–H groups in total. The van der Waals surface area contributed by atoms with Crippen LogP contribution in [0.2, 0.25) is 5.02 Å². The monoisotopic (exact) mass is 344 g/mol. The van der Waals surface area contributed by atoms with Gasteiger partial charge in [0.15, 0.2) is 5.11 Å². The van der Waals surface area contributed by atoms with E-state index in [0.29, 0.717) is 13.1 Å². The Labute approximate surface area is 145 Å². The smallest absolute Gasteiger partial charge is 0.178 e. The van der Waals surface area contributed by atoms with E-state index in [9.17, 15) is 0 Å². The summed E-state index contributed by atoms with van der Waals surface area (Å²) in [6.45, 7) is 1.30. The predicted molar refractivity (Wildman–Crippen MR) is 99.3 cm³/mol. The average Bonchev–Trinajstić information content (AvgIpc) is 2.87. The first-order valence-electron chi connectivity index (χ1n) is 7.24. The van der Waals surface area contributed by atoms with Crippen LogP contribution in [0.4, 0.5) is 0 Å². The number of thiocarbonyl (C=S) groups is 1. The van der Waals surface area contributed by atoms with Gasteiger partial charge >= 0.3 is 0 Å². The van der Waals surface area contributed by atoms with Gasteiger partial charge in [-0.2, -0.15) is 0 Å². The number of hydrogen-bond acceptors (Lipinski definition) is 2. The van der Waals surface area contributed by atoms with Crippen LogP contribution in [0.1, 0.15) is 11.3 Å². The van der Waals surface area contributed by atoms with E-state index in [2.05, 4.69) is 33.6 Å². The van der Waals surface area contributed by atoms with Gasteiger partial charge in [-0.05, 0) is 41.4 Å². The lowest BCUT2D eigenvalue weighted by Crippen LogP contribution is -2.40.